The second-order valence-electron chi connectivity index (χ2n) is 7.76. The summed E-state index contributed by atoms with van der Waals surface area (Å²) in [6, 6.07) is 19.3. The van der Waals surface area contributed by atoms with E-state index in [1.807, 2.05) is 31.2 Å². The van der Waals surface area contributed by atoms with Crippen molar-refractivity contribution in [3.8, 4) is 11.5 Å². The third-order valence-corrected chi connectivity index (χ3v) is 5.33. The quantitative estimate of drug-likeness (QED) is 0.403. The minimum atomic E-state index is -0.390. The average molecular weight is 444 g/mol. The highest BCUT2D eigenvalue weighted by Gasteiger charge is 2.35. The molecular weight excluding hydrogens is 420 g/mol. The molecule has 0 saturated carbocycles. The first-order valence-corrected chi connectivity index (χ1v) is 10.6. The number of imide groups is 1. The number of amides is 3. The minimum Gasteiger partial charge on any atom is -0.457 e. The van der Waals surface area contributed by atoms with Crippen molar-refractivity contribution in [2.45, 2.75) is 13.3 Å². The minimum absolute atomic E-state index is 0.243. The number of rotatable bonds is 8. The molecule has 1 heterocycles. The van der Waals surface area contributed by atoms with Gasteiger partial charge in [-0.15, -0.1) is 0 Å². The smallest absolute Gasteiger partial charge is 0.261 e. The Labute approximate surface area is 191 Å². The Morgan fingerprint density at radius 3 is 2.18 bits per heavy atom. The second kappa shape index (κ2) is 9.67. The molecule has 0 aromatic heterocycles. The average Bonchev–Trinajstić information content (AvgIpc) is 3.06. The molecule has 0 atom stereocenters. The van der Waals surface area contributed by atoms with Gasteiger partial charge in [0.1, 0.15) is 11.5 Å². The molecule has 3 amide bonds. The van der Waals surface area contributed by atoms with Crippen LogP contribution in [0.15, 0.2) is 66.7 Å². The van der Waals surface area contributed by atoms with Gasteiger partial charge in [-0.05, 0) is 67.9 Å². The van der Waals surface area contributed by atoms with Gasteiger partial charge in [0.25, 0.3) is 17.7 Å². The summed E-state index contributed by atoms with van der Waals surface area (Å²) in [5.74, 6) is 0.265. The molecule has 0 aliphatic carbocycles. The highest BCUT2D eigenvalue weighted by Crippen LogP contribution is 2.26. The summed E-state index contributed by atoms with van der Waals surface area (Å²) >= 11 is 0. The molecule has 33 heavy (non-hydrogen) atoms. The number of ether oxygens (including phenoxy) is 2. The van der Waals surface area contributed by atoms with E-state index in [0.29, 0.717) is 35.6 Å². The fourth-order valence-electron chi connectivity index (χ4n) is 3.55. The zero-order valence-electron chi connectivity index (χ0n) is 18.5. The molecule has 1 aliphatic rings. The second-order valence-corrected chi connectivity index (χ2v) is 7.76. The molecule has 3 aromatic rings. The fraction of sp³-hybridized carbons (Fsp3) is 0.192. The topological polar surface area (TPSA) is 84.9 Å². The first-order chi connectivity index (χ1) is 16.0. The van der Waals surface area contributed by atoms with E-state index in [2.05, 4.69) is 5.32 Å². The zero-order chi connectivity index (χ0) is 23.4. The Morgan fingerprint density at radius 2 is 1.52 bits per heavy atom. The molecule has 0 bridgehead atoms. The van der Waals surface area contributed by atoms with E-state index in [1.54, 1.807) is 37.4 Å². The normalized spacial score (nSPS) is 12.6. The summed E-state index contributed by atoms with van der Waals surface area (Å²) < 4.78 is 10.8. The van der Waals surface area contributed by atoms with E-state index in [1.165, 1.54) is 17.0 Å². The van der Waals surface area contributed by atoms with Crippen LogP contribution in [0, 0.1) is 6.92 Å². The zero-order valence-corrected chi connectivity index (χ0v) is 18.5. The molecule has 0 fully saturated rings. The number of fused-ring (bicyclic) bond motifs is 1. The van der Waals surface area contributed by atoms with Crippen molar-refractivity contribution in [3.63, 3.8) is 0 Å². The highest BCUT2D eigenvalue weighted by atomic mass is 16.5. The van der Waals surface area contributed by atoms with Gasteiger partial charge in [-0.3, -0.25) is 19.3 Å². The van der Waals surface area contributed by atoms with Crippen LogP contribution in [0.3, 0.4) is 0 Å². The third kappa shape index (κ3) is 4.94. The van der Waals surface area contributed by atoms with Crippen molar-refractivity contribution in [3.05, 3.63) is 89.0 Å². The van der Waals surface area contributed by atoms with E-state index < -0.39 is 5.91 Å². The Hall–Kier alpha value is -3.97. The number of methoxy groups -OCH3 is 1. The number of carbonyl (C=O) groups is 3. The summed E-state index contributed by atoms with van der Waals surface area (Å²) in [6.45, 7) is 2.74. The maximum absolute atomic E-state index is 12.7. The van der Waals surface area contributed by atoms with Crippen molar-refractivity contribution in [1.82, 2.24) is 4.90 Å². The number of carbonyl (C=O) groups excluding carboxylic acids is 3. The number of aryl methyl sites for hydroxylation is 1. The summed E-state index contributed by atoms with van der Waals surface area (Å²) in [7, 11) is 1.57. The predicted molar refractivity (Wildman–Crippen MR) is 124 cm³/mol. The predicted octanol–water partition coefficient (Wildman–Crippen LogP) is 4.67. The van der Waals surface area contributed by atoms with Crippen LogP contribution in [0.4, 0.5) is 5.69 Å². The first kappa shape index (κ1) is 22.2. The van der Waals surface area contributed by atoms with Crippen molar-refractivity contribution < 1.29 is 23.9 Å². The van der Waals surface area contributed by atoms with E-state index in [4.69, 9.17) is 9.47 Å². The molecule has 3 aromatic carbocycles. The molecule has 7 heteroatoms. The third-order valence-electron chi connectivity index (χ3n) is 5.33. The molecule has 1 N–H and O–H groups in total. The van der Waals surface area contributed by atoms with Gasteiger partial charge in [0.15, 0.2) is 0 Å². The van der Waals surface area contributed by atoms with Gasteiger partial charge in [-0.25, -0.2) is 0 Å². The summed E-state index contributed by atoms with van der Waals surface area (Å²) in [6.07, 6.45) is 0.554. The lowest BCUT2D eigenvalue weighted by Gasteiger charge is -2.12. The molecule has 0 spiro atoms. The van der Waals surface area contributed by atoms with E-state index in [-0.39, 0.29) is 23.9 Å². The molecule has 0 saturated heterocycles. The number of nitrogens with zero attached hydrogens (tertiary/aromatic N) is 1. The lowest BCUT2D eigenvalue weighted by Crippen LogP contribution is -2.31. The van der Waals surface area contributed by atoms with Crippen molar-refractivity contribution >= 4 is 23.4 Å². The van der Waals surface area contributed by atoms with E-state index in [9.17, 15) is 14.4 Å². The van der Waals surface area contributed by atoms with Crippen LogP contribution >= 0.6 is 0 Å². The van der Waals surface area contributed by atoms with Gasteiger partial charge in [-0.1, -0.05) is 17.7 Å². The van der Waals surface area contributed by atoms with Crippen molar-refractivity contribution in [1.29, 1.82) is 0 Å². The number of hydrogen-bond acceptors (Lipinski definition) is 5. The number of benzene rings is 3. The van der Waals surface area contributed by atoms with Crippen LogP contribution in [-0.4, -0.2) is 42.9 Å². The maximum Gasteiger partial charge on any atom is 0.261 e. The monoisotopic (exact) mass is 444 g/mol. The van der Waals surface area contributed by atoms with Gasteiger partial charge in [0.2, 0.25) is 0 Å². The summed E-state index contributed by atoms with van der Waals surface area (Å²) in [5.41, 5.74) is 2.59. The largest absolute Gasteiger partial charge is 0.457 e. The van der Waals surface area contributed by atoms with Crippen LogP contribution in [0.5, 0.6) is 11.5 Å². The number of hydrogen-bond donors (Lipinski definition) is 1. The summed E-state index contributed by atoms with van der Waals surface area (Å²) in [5, 5.41) is 2.81. The van der Waals surface area contributed by atoms with Crippen LogP contribution < -0.4 is 10.1 Å². The van der Waals surface area contributed by atoms with Crippen LogP contribution in [0.2, 0.25) is 0 Å². The lowest BCUT2D eigenvalue weighted by atomic mass is 10.1. The van der Waals surface area contributed by atoms with Gasteiger partial charge < -0.3 is 14.8 Å². The lowest BCUT2D eigenvalue weighted by molar-refractivity contribution is 0.0638. The molecule has 168 valence electrons. The first-order valence-electron chi connectivity index (χ1n) is 10.6. The van der Waals surface area contributed by atoms with Crippen LogP contribution in [0.25, 0.3) is 0 Å². The molecule has 1 aliphatic heterocycles. The highest BCUT2D eigenvalue weighted by molar-refractivity contribution is 6.22. The number of anilines is 1. The molecule has 7 nitrogen and oxygen atoms in total. The van der Waals surface area contributed by atoms with Gasteiger partial charge in [-0.2, -0.15) is 0 Å². The van der Waals surface area contributed by atoms with Gasteiger partial charge in [0.05, 0.1) is 11.1 Å². The summed E-state index contributed by atoms with van der Waals surface area (Å²) in [4.78, 5) is 39.1. The van der Waals surface area contributed by atoms with Crippen LogP contribution in [-0.2, 0) is 4.74 Å². The Balaban J connectivity index is 1.42. The van der Waals surface area contributed by atoms with Gasteiger partial charge >= 0.3 is 0 Å². The Morgan fingerprint density at radius 1 is 0.879 bits per heavy atom. The number of nitrogens with one attached hydrogen (secondary N) is 1. The Kier molecular flexibility index (Phi) is 6.51. The van der Waals surface area contributed by atoms with Crippen molar-refractivity contribution in [2.24, 2.45) is 0 Å². The maximum atomic E-state index is 12.7. The molecule has 0 unspecified atom stereocenters. The standard InChI is InChI=1S/C26H24N2O5/c1-17-4-9-20(10-5-17)33-21-11-7-19(8-12-21)27-24(29)18-6-13-22-23(16-18)26(31)28(25(22)30)14-3-15-32-2/h4-13,16H,3,14-15H2,1-2H3,(H,27,29). The van der Waals surface area contributed by atoms with E-state index >= 15 is 0 Å². The molecule has 0 radical (unpaired) electrons. The van der Waals surface area contributed by atoms with E-state index in [0.717, 1.165) is 11.3 Å². The Bertz CT molecular complexity index is 1190. The molecular formula is C26H24N2O5. The van der Waals surface area contributed by atoms with Gasteiger partial charge in [0, 0.05) is 31.5 Å². The SMILES string of the molecule is COCCCN1C(=O)c2ccc(C(=O)Nc3ccc(Oc4ccc(C)cc4)cc3)cc2C1=O. The van der Waals surface area contributed by atoms with Crippen molar-refractivity contribution in [2.75, 3.05) is 25.6 Å². The van der Waals surface area contributed by atoms with Crippen LogP contribution in [0.1, 0.15) is 43.1 Å². The fourth-order valence-corrected chi connectivity index (χ4v) is 3.55. The molecule has 4 rings (SSSR count).